The summed E-state index contributed by atoms with van der Waals surface area (Å²) in [4.78, 5) is 40.9. The van der Waals surface area contributed by atoms with Crippen LogP contribution in [0.3, 0.4) is 0 Å². The Kier molecular flexibility index (Phi) is 10.8. The van der Waals surface area contributed by atoms with Gasteiger partial charge in [0, 0.05) is 23.4 Å². The SMILES string of the molecule is C#Cc1ccc(C(C(=O)NC(C)C)N(C(=O)C(CS)NC(=O)OC(C)(C)C)C(C)CC)cc1. The number of alkyl carbamates (subject to hydrolysis) is 1. The topological polar surface area (TPSA) is 87.7 Å². The number of hydrogen-bond acceptors (Lipinski definition) is 5. The maximum absolute atomic E-state index is 13.7. The summed E-state index contributed by atoms with van der Waals surface area (Å²) in [5.41, 5.74) is 0.572. The smallest absolute Gasteiger partial charge is 0.408 e. The second kappa shape index (κ2) is 12.5. The summed E-state index contributed by atoms with van der Waals surface area (Å²) in [5, 5.41) is 5.51. The van der Waals surface area contributed by atoms with Gasteiger partial charge >= 0.3 is 6.09 Å². The normalized spacial score (nSPS) is 13.9. The molecule has 33 heavy (non-hydrogen) atoms. The highest BCUT2D eigenvalue weighted by Gasteiger charge is 2.38. The van der Waals surface area contributed by atoms with Crippen molar-refractivity contribution in [2.75, 3.05) is 5.75 Å². The van der Waals surface area contributed by atoms with Gasteiger partial charge in [-0.15, -0.1) is 6.42 Å². The zero-order chi connectivity index (χ0) is 25.3. The van der Waals surface area contributed by atoms with Crippen LogP contribution >= 0.6 is 12.6 Å². The lowest BCUT2D eigenvalue weighted by Crippen LogP contribution is -2.56. The summed E-state index contributed by atoms with van der Waals surface area (Å²) in [6.45, 7) is 12.7. The van der Waals surface area contributed by atoms with Gasteiger partial charge in [0.15, 0.2) is 0 Å². The molecule has 1 aromatic carbocycles. The fourth-order valence-electron chi connectivity index (χ4n) is 3.17. The molecule has 0 aliphatic heterocycles. The van der Waals surface area contributed by atoms with Gasteiger partial charge in [-0.2, -0.15) is 12.6 Å². The molecular weight excluding hydrogens is 438 g/mol. The zero-order valence-corrected chi connectivity index (χ0v) is 21.5. The number of nitrogens with zero attached hydrogens (tertiary/aromatic N) is 1. The van der Waals surface area contributed by atoms with Crippen molar-refractivity contribution >= 4 is 30.5 Å². The fourth-order valence-corrected chi connectivity index (χ4v) is 3.42. The number of ether oxygens (including phenoxy) is 1. The summed E-state index contributed by atoms with van der Waals surface area (Å²) >= 11 is 4.28. The molecule has 0 aromatic heterocycles. The van der Waals surface area contributed by atoms with Crippen LogP contribution in [0.15, 0.2) is 24.3 Å². The fraction of sp³-hybridized carbons (Fsp3) is 0.560. The van der Waals surface area contributed by atoms with E-state index in [2.05, 4.69) is 29.2 Å². The maximum atomic E-state index is 13.7. The molecular formula is C25H37N3O4S. The highest BCUT2D eigenvalue weighted by atomic mass is 32.1. The molecule has 3 unspecified atom stereocenters. The molecule has 1 aromatic rings. The van der Waals surface area contributed by atoms with Crippen LogP contribution in [-0.2, 0) is 14.3 Å². The van der Waals surface area contributed by atoms with Crippen LogP contribution in [0.1, 0.15) is 72.1 Å². The van der Waals surface area contributed by atoms with Gasteiger partial charge in [0.05, 0.1) is 0 Å². The van der Waals surface area contributed by atoms with E-state index in [1.807, 2.05) is 27.7 Å². The Hall–Kier alpha value is -2.66. The van der Waals surface area contributed by atoms with Crippen LogP contribution in [0, 0.1) is 12.3 Å². The Bertz CT molecular complexity index is 856. The van der Waals surface area contributed by atoms with Crippen molar-refractivity contribution in [1.29, 1.82) is 0 Å². The van der Waals surface area contributed by atoms with Gasteiger partial charge in [0.25, 0.3) is 0 Å². The third-order valence-corrected chi connectivity index (χ3v) is 5.21. The standard InChI is InChI=1S/C25H37N3O4S/c1-9-17(5)28(23(30)20(15-33)27-24(31)32-25(6,7)8)21(22(29)26-16(3)4)19-13-11-18(10-2)12-14-19/h2,11-14,16-17,20-21,33H,9,15H2,1,3-8H3,(H,26,29)(H,27,31). The number of carbonyl (C=O) groups excluding carboxylic acids is 3. The van der Waals surface area contributed by atoms with Gasteiger partial charge in [-0.1, -0.05) is 25.0 Å². The van der Waals surface area contributed by atoms with Crippen LogP contribution < -0.4 is 10.6 Å². The largest absolute Gasteiger partial charge is 0.444 e. The quantitative estimate of drug-likeness (QED) is 0.376. The molecule has 0 aliphatic carbocycles. The lowest BCUT2D eigenvalue weighted by atomic mass is 9.99. The van der Waals surface area contributed by atoms with E-state index in [0.29, 0.717) is 17.5 Å². The number of amides is 3. The van der Waals surface area contributed by atoms with Crippen molar-refractivity contribution in [2.45, 2.75) is 84.7 Å². The molecule has 182 valence electrons. The van der Waals surface area contributed by atoms with Gasteiger partial charge in [-0.3, -0.25) is 9.59 Å². The number of rotatable bonds is 9. The van der Waals surface area contributed by atoms with Crippen molar-refractivity contribution < 1.29 is 19.1 Å². The van der Waals surface area contributed by atoms with E-state index >= 15 is 0 Å². The number of hydrogen-bond donors (Lipinski definition) is 3. The van der Waals surface area contributed by atoms with Crippen molar-refractivity contribution in [1.82, 2.24) is 15.5 Å². The number of nitrogens with one attached hydrogen (secondary N) is 2. The van der Waals surface area contributed by atoms with E-state index in [-0.39, 0.29) is 23.7 Å². The maximum Gasteiger partial charge on any atom is 0.408 e. The van der Waals surface area contributed by atoms with Gasteiger partial charge in [0.1, 0.15) is 17.7 Å². The summed E-state index contributed by atoms with van der Waals surface area (Å²) < 4.78 is 5.30. The molecule has 1 rings (SSSR count). The molecule has 8 heteroatoms. The second-order valence-corrected chi connectivity index (χ2v) is 9.58. The molecule has 2 N–H and O–H groups in total. The third kappa shape index (κ3) is 8.65. The van der Waals surface area contributed by atoms with Gasteiger partial charge < -0.3 is 20.3 Å². The van der Waals surface area contributed by atoms with Crippen molar-refractivity contribution in [3.05, 3.63) is 35.4 Å². The van der Waals surface area contributed by atoms with Crippen molar-refractivity contribution in [3.63, 3.8) is 0 Å². The van der Waals surface area contributed by atoms with Crippen LogP contribution in [0.4, 0.5) is 4.79 Å². The van der Waals surface area contributed by atoms with Crippen LogP contribution in [0.25, 0.3) is 0 Å². The highest BCUT2D eigenvalue weighted by molar-refractivity contribution is 7.80. The first-order chi connectivity index (χ1) is 15.3. The summed E-state index contributed by atoms with van der Waals surface area (Å²) in [7, 11) is 0. The number of thiol groups is 1. The molecule has 0 bridgehead atoms. The predicted molar refractivity (Wildman–Crippen MR) is 134 cm³/mol. The lowest BCUT2D eigenvalue weighted by molar-refractivity contribution is -0.144. The monoisotopic (exact) mass is 475 g/mol. The van der Waals surface area contributed by atoms with Gasteiger partial charge in [-0.05, 0) is 65.7 Å². The van der Waals surface area contributed by atoms with E-state index in [4.69, 9.17) is 11.2 Å². The van der Waals surface area contributed by atoms with Gasteiger partial charge in [-0.25, -0.2) is 4.79 Å². The Morgan fingerprint density at radius 3 is 2.12 bits per heavy atom. The average Bonchev–Trinajstić information content (AvgIpc) is 2.73. The molecule has 0 radical (unpaired) electrons. The molecule has 0 fully saturated rings. The molecule has 0 saturated carbocycles. The van der Waals surface area contributed by atoms with E-state index in [0.717, 1.165) is 0 Å². The Labute approximate surface area is 203 Å². The Morgan fingerprint density at radius 2 is 1.70 bits per heavy atom. The van der Waals surface area contributed by atoms with Crippen molar-refractivity contribution in [3.8, 4) is 12.3 Å². The molecule has 0 aliphatic rings. The molecule has 7 nitrogen and oxygen atoms in total. The minimum atomic E-state index is -0.975. The lowest BCUT2D eigenvalue weighted by Gasteiger charge is -2.38. The summed E-state index contributed by atoms with van der Waals surface area (Å²) in [6.07, 6.45) is 5.35. The first-order valence-electron chi connectivity index (χ1n) is 11.1. The molecule has 3 amide bonds. The third-order valence-electron chi connectivity index (χ3n) is 4.84. The van der Waals surface area contributed by atoms with E-state index in [1.165, 1.54) is 4.90 Å². The zero-order valence-electron chi connectivity index (χ0n) is 20.6. The second-order valence-electron chi connectivity index (χ2n) is 9.22. The Balaban J connectivity index is 3.43. The number of carbonyl (C=O) groups is 3. The molecule has 0 spiro atoms. The van der Waals surface area contributed by atoms with E-state index in [9.17, 15) is 14.4 Å². The number of benzene rings is 1. The Morgan fingerprint density at radius 1 is 1.12 bits per heavy atom. The van der Waals surface area contributed by atoms with Gasteiger partial charge in [0.2, 0.25) is 11.8 Å². The van der Waals surface area contributed by atoms with Crippen LogP contribution in [0.5, 0.6) is 0 Å². The average molecular weight is 476 g/mol. The summed E-state index contributed by atoms with van der Waals surface area (Å²) in [5.74, 6) is 1.86. The minimum Gasteiger partial charge on any atom is -0.444 e. The van der Waals surface area contributed by atoms with E-state index < -0.39 is 29.7 Å². The van der Waals surface area contributed by atoms with E-state index in [1.54, 1.807) is 45.0 Å². The number of terminal acetylenes is 1. The molecule has 0 heterocycles. The molecule has 3 atom stereocenters. The predicted octanol–water partition coefficient (Wildman–Crippen LogP) is 3.68. The minimum absolute atomic E-state index is 0.0412. The highest BCUT2D eigenvalue weighted by Crippen LogP contribution is 2.27. The van der Waals surface area contributed by atoms with Crippen LogP contribution in [0.2, 0.25) is 0 Å². The molecule has 0 saturated heterocycles. The first-order valence-corrected chi connectivity index (χ1v) is 11.8. The van der Waals surface area contributed by atoms with Crippen molar-refractivity contribution in [2.24, 2.45) is 0 Å². The first kappa shape index (κ1) is 28.4. The summed E-state index contributed by atoms with van der Waals surface area (Å²) in [6, 6.07) is 4.66. The van der Waals surface area contributed by atoms with Crippen LogP contribution in [-0.4, -0.2) is 52.3 Å².